The summed E-state index contributed by atoms with van der Waals surface area (Å²) in [6.07, 6.45) is 0. The first-order chi connectivity index (χ1) is 23.1. The van der Waals surface area contributed by atoms with E-state index in [4.69, 9.17) is 19.4 Å². The van der Waals surface area contributed by atoms with Crippen LogP contribution in [0, 0.1) is 0 Å². The van der Waals surface area contributed by atoms with E-state index in [0.29, 0.717) is 17.6 Å². The van der Waals surface area contributed by atoms with Crippen molar-refractivity contribution in [2.75, 3.05) is 0 Å². The van der Waals surface area contributed by atoms with Crippen LogP contribution in [-0.4, -0.2) is 19.5 Å². The predicted molar refractivity (Wildman–Crippen MR) is 190 cm³/mol. The molecule has 0 saturated heterocycles. The molecule has 5 nitrogen and oxygen atoms in total. The van der Waals surface area contributed by atoms with Crippen LogP contribution in [0.4, 0.5) is 0 Å². The Morgan fingerprint density at radius 2 is 1.21 bits per heavy atom. The van der Waals surface area contributed by atoms with E-state index in [9.17, 15) is 0 Å². The van der Waals surface area contributed by atoms with Crippen molar-refractivity contribution in [1.82, 2.24) is 19.5 Å². The highest BCUT2D eigenvalue weighted by atomic mass is 16.3. The zero-order valence-electron chi connectivity index (χ0n) is 25.9. The lowest BCUT2D eigenvalue weighted by molar-refractivity contribution is 0.661. The lowest BCUT2D eigenvalue weighted by atomic mass is 9.82. The summed E-state index contributed by atoms with van der Waals surface area (Å²) < 4.78 is 8.65. The minimum atomic E-state index is -0.102. The van der Waals surface area contributed by atoms with Gasteiger partial charge in [-0.25, -0.2) is 4.98 Å². The SMILES string of the molecule is CC1(C)c2ccccc2-c2cc3c(cc21)c1ccccc1n3-c1nc(-c2ccccc2)nc(-c2cccc3c2oc2ccccc23)n1. The van der Waals surface area contributed by atoms with Gasteiger partial charge in [0.1, 0.15) is 11.2 Å². The third kappa shape index (κ3) is 3.68. The van der Waals surface area contributed by atoms with Gasteiger partial charge in [-0.05, 0) is 52.6 Å². The van der Waals surface area contributed by atoms with Gasteiger partial charge in [-0.3, -0.25) is 4.57 Å². The summed E-state index contributed by atoms with van der Waals surface area (Å²) in [6.45, 7) is 4.65. The van der Waals surface area contributed by atoms with Gasteiger partial charge in [0.25, 0.3) is 0 Å². The number of hydrogen-bond donors (Lipinski definition) is 0. The van der Waals surface area contributed by atoms with E-state index in [-0.39, 0.29) is 5.41 Å². The highest BCUT2D eigenvalue weighted by Gasteiger charge is 2.36. The molecular weight excluding hydrogens is 576 g/mol. The van der Waals surface area contributed by atoms with Crippen molar-refractivity contribution in [3.63, 3.8) is 0 Å². The van der Waals surface area contributed by atoms with E-state index in [1.807, 2.05) is 60.7 Å². The fraction of sp³-hybridized carbons (Fsp3) is 0.0714. The minimum absolute atomic E-state index is 0.102. The van der Waals surface area contributed by atoms with Gasteiger partial charge < -0.3 is 4.42 Å². The Kier molecular flexibility index (Phi) is 5.28. The summed E-state index contributed by atoms with van der Waals surface area (Å²) in [7, 11) is 0. The molecule has 3 heterocycles. The van der Waals surface area contributed by atoms with Gasteiger partial charge in [-0.15, -0.1) is 0 Å². The first kappa shape index (κ1) is 26.2. The number of nitrogens with zero attached hydrogens (tertiary/aromatic N) is 4. The average Bonchev–Trinajstić information content (AvgIpc) is 3.73. The van der Waals surface area contributed by atoms with Crippen LogP contribution in [0.25, 0.3) is 83.6 Å². The molecule has 5 heteroatoms. The van der Waals surface area contributed by atoms with Crippen LogP contribution in [0.5, 0.6) is 0 Å². The largest absolute Gasteiger partial charge is 0.455 e. The Labute approximate surface area is 270 Å². The Bertz CT molecular complexity index is 2720. The third-order valence-electron chi connectivity index (χ3n) is 9.88. The van der Waals surface area contributed by atoms with Crippen LogP contribution < -0.4 is 0 Å². The van der Waals surface area contributed by atoms with E-state index in [1.54, 1.807) is 0 Å². The first-order valence-electron chi connectivity index (χ1n) is 16.0. The molecule has 0 fully saturated rings. The smallest absolute Gasteiger partial charge is 0.238 e. The number of rotatable bonds is 3. The van der Waals surface area contributed by atoms with E-state index >= 15 is 0 Å². The van der Waals surface area contributed by atoms with Gasteiger partial charge in [0.2, 0.25) is 5.95 Å². The summed E-state index contributed by atoms with van der Waals surface area (Å²) in [5.41, 5.74) is 10.6. The number of furan rings is 1. The number of hydrogen-bond acceptors (Lipinski definition) is 4. The molecule has 3 aromatic heterocycles. The Hall–Kier alpha value is -6.07. The van der Waals surface area contributed by atoms with Crippen molar-refractivity contribution in [3.05, 3.63) is 145 Å². The molecule has 0 atom stereocenters. The number of aromatic nitrogens is 4. The molecule has 0 N–H and O–H groups in total. The fourth-order valence-corrected chi connectivity index (χ4v) is 7.60. The van der Waals surface area contributed by atoms with Crippen LogP contribution in [0.3, 0.4) is 0 Å². The Balaban J connectivity index is 1.30. The molecule has 0 radical (unpaired) electrons. The Morgan fingerprint density at radius 3 is 2.11 bits per heavy atom. The predicted octanol–water partition coefficient (Wildman–Crippen LogP) is 10.5. The Morgan fingerprint density at radius 1 is 0.511 bits per heavy atom. The van der Waals surface area contributed by atoms with E-state index in [2.05, 4.69) is 91.2 Å². The summed E-state index contributed by atoms with van der Waals surface area (Å²) in [5.74, 6) is 1.74. The molecule has 1 aliphatic rings. The molecular formula is C42H28N4O. The van der Waals surface area contributed by atoms with E-state index in [1.165, 1.54) is 33.0 Å². The second kappa shape index (κ2) is 9.47. The topological polar surface area (TPSA) is 56.7 Å². The van der Waals surface area contributed by atoms with Gasteiger partial charge in [-0.2, -0.15) is 9.97 Å². The molecule has 222 valence electrons. The zero-order chi connectivity index (χ0) is 31.3. The molecule has 10 rings (SSSR count). The van der Waals surface area contributed by atoms with Gasteiger partial charge in [0.05, 0.1) is 16.6 Å². The van der Waals surface area contributed by atoms with Gasteiger partial charge >= 0.3 is 0 Å². The van der Waals surface area contributed by atoms with Crippen LogP contribution in [0.1, 0.15) is 25.0 Å². The molecule has 9 aromatic rings. The molecule has 47 heavy (non-hydrogen) atoms. The van der Waals surface area contributed by atoms with Gasteiger partial charge in [0, 0.05) is 32.5 Å². The number of fused-ring (bicyclic) bond motifs is 9. The van der Waals surface area contributed by atoms with E-state index < -0.39 is 0 Å². The second-order valence-electron chi connectivity index (χ2n) is 12.9. The summed E-state index contributed by atoms with van der Waals surface area (Å²) in [4.78, 5) is 15.5. The van der Waals surface area contributed by atoms with Crippen LogP contribution in [0.2, 0.25) is 0 Å². The number of benzene rings is 6. The lowest BCUT2D eigenvalue weighted by Crippen LogP contribution is -2.14. The monoisotopic (exact) mass is 604 g/mol. The van der Waals surface area contributed by atoms with Crippen molar-refractivity contribution in [3.8, 4) is 39.9 Å². The van der Waals surface area contributed by atoms with Crippen molar-refractivity contribution >= 4 is 43.7 Å². The molecule has 0 saturated carbocycles. The zero-order valence-corrected chi connectivity index (χ0v) is 25.9. The van der Waals surface area contributed by atoms with E-state index in [0.717, 1.165) is 44.1 Å². The quantitative estimate of drug-likeness (QED) is 0.201. The lowest BCUT2D eigenvalue weighted by Gasteiger charge is -2.21. The standard InChI is InChI=1S/C42H28N4O/c1-42(2)33-20-9-6-15-26(33)31-24-36-32(23-34(31)42)27-16-7-10-21-35(27)46(36)41-44-39(25-13-4-3-5-14-25)43-40(45-41)30-19-12-18-29-28-17-8-11-22-37(28)47-38(29)30/h3-24H,1-2H3. The molecule has 0 spiro atoms. The van der Waals surface area contributed by atoms with Crippen molar-refractivity contribution < 1.29 is 4.42 Å². The molecule has 1 aliphatic carbocycles. The van der Waals surface area contributed by atoms with Crippen LogP contribution in [-0.2, 0) is 5.41 Å². The average molecular weight is 605 g/mol. The van der Waals surface area contributed by atoms with Crippen LogP contribution in [0.15, 0.2) is 138 Å². The highest BCUT2D eigenvalue weighted by molar-refractivity contribution is 6.12. The summed E-state index contributed by atoms with van der Waals surface area (Å²) in [5, 5.41) is 4.46. The maximum absolute atomic E-state index is 6.45. The van der Waals surface area contributed by atoms with Crippen LogP contribution >= 0.6 is 0 Å². The third-order valence-corrected chi connectivity index (χ3v) is 9.88. The maximum atomic E-state index is 6.45. The molecule has 0 unspecified atom stereocenters. The molecule has 0 aliphatic heterocycles. The van der Waals surface area contributed by atoms with Crippen molar-refractivity contribution in [2.45, 2.75) is 19.3 Å². The summed E-state index contributed by atoms with van der Waals surface area (Å²) >= 11 is 0. The normalized spacial score (nSPS) is 13.5. The van der Waals surface area contributed by atoms with Gasteiger partial charge in [-0.1, -0.05) is 117 Å². The summed E-state index contributed by atoms with van der Waals surface area (Å²) in [6, 6.07) is 46.5. The van der Waals surface area contributed by atoms with Gasteiger partial charge in [0.15, 0.2) is 11.6 Å². The maximum Gasteiger partial charge on any atom is 0.238 e. The first-order valence-corrected chi connectivity index (χ1v) is 16.0. The molecule has 6 aromatic carbocycles. The second-order valence-corrected chi connectivity index (χ2v) is 12.9. The fourth-order valence-electron chi connectivity index (χ4n) is 7.60. The number of para-hydroxylation sites is 3. The molecule has 0 bridgehead atoms. The van der Waals surface area contributed by atoms with Crippen molar-refractivity contribution in [1.29, 1.82) is 0 Å². The minimum Gasteiger partial charge on any atom is -0.455 e. The highest BCUT2D eigenvalue weighted by Crippen LogP contribution is 2.51. The van der Waals surface area contributed by atoms with Crippen molar-refractivity contribution in [2.24, 2.45) is 0 Å². The molecule has 0 amide bonds.